The summed E-state index contributed by atoms with van der Waals surface area (Å²) in [5.41, 5.74) is 8.30. The third kappa shape index (κ3) is 4.06. The van der Waals surface area contributed by atoms with Gasteiger partial charge < -0.3 is 20.5 Å². The molecular formula is C21H27N5O4S. The molecule has 0 unspecified atom stereocenters. The summed E-state index contributed by atoms with van der Waals surface area (Å²) in [6.07, 6.45) is 2.86. The molecule has 0 atom stereocenters. The van der Waals surface area contributed by atoms with Crippen molar-refractivity contribution in [1.82, 2.24) is 13.9 Å². The first kappa shape index (κ1) is 21.4. The van der Waals surface area contributed by atoms with Crippen LogP contribution in [0.15, 0.2) is 41.4 Å². The van der Waals surface area contributed by atoms with Gasteiger partial charge in [0.2, 0.25) is 10.0 Å². The van der Waals surface area contributed by atoms with Gasteiger partial charge in [0.05, 0.1) is 30.9 Å². The van der Waals surface area contributed by atoms with Crippen LogP contribution in [0.1, 0.15) is 13.3 Å². The van der Waals surface area contributed by atoms with Crippen molar-refractivity contribution in [2.24, 2.45) is 0 Å². The largest absolute Gasteiger partial charge is 0.495 e. The van der Waals surface area contributed by atoms with Crippen LogP contribution in [0, 0.1) is 0 Å². The Balaban J connectivity index is 1.77. The number of anilines is 2. The lowest BCUT2D eigenvalue weighted by Crippen LogP contribution is -2.40. The minimum atomic E-state index is -3.63. The summed E-state index contributed by atoms with van der Waals surface area (Å²) in [6.45, 7) is 4.38. The lowest BCUT2D eigenvalue weighted by atomic mass is 10.2. The molecule has 0 radical (unpaired) electrons. The molecule has 1 saturated heterocycles. The molecule has 1 aliphatic heterocycles. The number of sulfonamides is 1. The van der Waals surface area contributed by atoms with Gasteiger partial charge in [-0.3, -0.25) is 4.57 Å². The van der Waals surface area contributed by atoms with Crippen LogP contribution in [-0.2, 0) is 14.8 Å². The zero-order chi connectivity index (χ0) is 22.0. The molecule has 1 aliphatic rings. The smallest absolute Gasteiger partial charge is 0.243 e. The fourth-order valence-electron chi connectivity index (χ4n) is 3.68. The lowest BCUT2D eigenvalue weighted by molar-refractivity contribution is 0.0730. The molecule has 31 heavy (non-hydrogen) atoms. The first-order valence-corrected chi connectivity index (χ1v) is 11.7. The van der Waals surface area contributed by atoms with E-state index in [-0.39, 0.29) is 4.90 Å². The van der Waals surface area contributed by atoms with Crippen LogP contribution < -0.4 is 15.8 Å². The average Bonchev–Trinajstić information content (AvgIpc) is 3.21. The molecule has 0 aliphatic carbocycles. The number of benzene rings is 1. The standard InChI is InChI=1S/C21H27N5O4S/c1-3-7-23-17-14-20(22)24-21-16(17)6-8-26(21)18-5-4-15(13-19(18)29-2)31(27,28)25-9-11-30-12-10-25/h4-6,8,13-14H,3,7,9-12H2,1-2H3,(H3,22,23,24). The fourth-order valence-corrected chi connectivity index (χ4v) is 5.11. The highest BCUT2D eigenvalue weighted by atomic mass is 32.2. The van der Waals surface area contributed by atoms with Crippen molar-refractivity contribution in [2.45, 2.75) is 18.2 Å². The molecule has 1 fully saturated rings. The summed E-state index contributed by atoms with van der Waals surface area (Å²) in [5, 5.41) is 4.30. The van der Waals surface area contributed by atoms with Crippen LogP contribution in [0.4, 0.5) is 11.5 Å². The number of nitrogen functional groups attached to an aromatic ring is 1. The topological polar surface area (TPSA) is 112 Å². The predicted octanol–water partition coefficient (Wildman–Crippen LogP) is 2.46. The third-order valence-electron chi connectivity index (χ3n) is 5.26. The Morgan fingerprint density at radius 2 is 2.00 bits per heavy atom. The number of nitrogens with two attached hydrogens (primary N) is 1. The Hall–Kier alpha value is -2.82. The van der Waals surface area contributed by atoms with Gasteiger partial charge in [0.25, 0.3) is 0 Å². The van der Waals surface area contributed by atoms with Crippen molar-refractivity contribution < 1.29 is 17.9 Å². The second kappa shape index (κ2) is 8.74. The molecule has 3 N–H and O–H groups in total. The number of aromatic nitrogens is 2. The summed E-state index contributed by atoms with van der Waals surface area (Å²) >= 11 is 0. The highest BCUT2D eigenvalue weighted by Crippen LogP contribution is 2.33. The molecule has 0 amide bonds. The number of hydrogen-bond donors (Lipinski definition) is 2. The van der Waals surface area contributed by atoms with Crippen molar-refractivity contribution in [2.75, 3.05) is 51.0 Å². The van der Waals surface area contributed by atoms with Crippen LogP contribution in [-0.4, -0.2) is 62.2 Å². The molecule has 3 heterocycles. The molecule has 166 valence electrons. The van der Waals surface area contributed by atoms with E-state index >= 15 is 0 Å². The number of hydrogen-bond acceptors (Lipinski definition) is 7. The number of morpholine rings is 1. The minimum absolute atomic E-state index is 0.184. The molecule has 2 aromatic heterocycles. The van der Waals surface area contributed by atoms with E-state index in [1.54, 1.807) is 18.2 Å². The van der Waals surface area contributed by atoms with E-state index in [4.69, 9.17) is 15.2 Å². The first-order chi connectivity index (χ1) is 15.0. The van der Waals surface area contributed by atoms with Gasteiger partial charge in [-0.1, -0.05) is 6.92 Å². The van der Waals surface area contributed by atoms with Gasteiger partial charge in [0.15, 0.2) is 0 Å². The van der Waals surface area contributed by atoms with E-state index in [1.165, 1.54) is 11.4 Å². The van der Waals surface area contributed by atoms with Gasteiger partial charge >= 0.3 is 0 Å². The number of pyridine rings is 1. The SMILES string of the molecule is CCCNc1cc(N)nc2c1ccn2-c1ccc(S(=O)(=O)N2CCOCC2)cc1OC. The van der Waals surface area contributed by atoms with E-state index < -0.39 is 10.0 Å². The molecule has 10 heteroatoms. The van der Waals surface area contributed by atoms with Crippen molar-refractivity contribution in [3.05, 3.63) is 36.5 Å². The second-order valence-corrected chi connectivity index (χ2v) is 9.23. The monoisotopic (exact) mass is 445 g/mol. The molecular weight excluding hydrogens is 418 g/mol. The first-order valence-electron chi connectivity index (χ1n) is 10.2. The molecule has 4 rings (SSSR count). The van der Waals surface area contributed by atoms with Crippen molar-refractivity contribution in [3.63, 3.8) is 0 Å². The van der Waals surface area contributed by atoms with Crippen LogP contribution >= 0.6 is 0 Å². The Bertz CT molecular complexity index is 1190. The van der Waals surface area contributed by atoms with Crippen LogP contribution in [0.5, 0.6) is 5.75 Å². The summed E-state index contributed by atoms with van der Waals surface area (Å²) < 4.78 is 40.2. The molecule has 1 aromatic carbocycles. The van der Waals surface area contributed by atoms with Crippen molar-refractivity contribution >= 4 is 32.6 Å². The number of fused-ring (bicyclic) bond motifs is 1. The Morgan fingerprint density at radius 1 is 1.23 bits per heavy atom. The number of nitrogens with one attached hydrogen (secondary N) is 1. The van der Waals surface area contributed by atoms with Gasteiger partial charge in [0.1, 0.15) is 17.2 Å². The van der Waals surface area contributed by atoms with Gasteiger partial charge in [-0.05, 0) is 24.6 Å². The Kier molecular flexibility index (Phi) is 6.03. The van der Waals surface area contributed by atoms with Crippen molar-refractivity contribution in [3.8, 4) is 11.4 Å². The van der Waals surface area contributed by atoms with E-state index in [2.05, 4.69) is 17.2 Å². The second-order valence-electron chi connectivity index (χ2n) is 7.29. The van der Waals surface area contributed by atoms with Gasteiger partial charge in [-0.15, -0.1) is 0 Å². The molecule has 3 aromatic rings. The third-order valence-corrected chi connectivity index (χ3v) is 7.16. The predicted molar refractivity (Wildman–Crippen MR) is 120 cm³/mol. The molecule has 0 bridgehead atoms. The van der Waals surface area contributed by atoms with Gasteiger partial charge in [-0.2, -0.15) is 4.31 Å². The maximum Gasteiger partial charge on any atom is 0.243 e. The van der Waals surface area contributed by atoms with E-state index in [0.29, 0.717) is 49.2 Å². The number of ether oxygens (including phenoxy) is 2. The Labute approximate surface area is 181 Å². The highest BCUT2D eigenvalue weighted by molar-refractivity contribution is 7.89. The zero-order valence-corrected chi connectivity index (χ0v) is 18.5. The van der Waals surface area contributed by atoms with Crippen LogP contribution in [0.25, 0.3) is 16.7 Å². The molecule has 0 saturated carbocycles. The maximum atomic E-state index is 13.0. The quantitative estimate of drug-likeness (QED) is 0.574. The van der Waals surface area contributed by atoms with Crippen LogP contribution in [0.2, 0.25) is 0 Å². The maximum absolute atomic E-state index is 13.0. The average molecular weight is 446 g/mol. The number of methoxy groups -OCH3 is 1. The summed E-state index contributed by atoms with van der Waals surface area (Å²) in [6, 6.07) is 8.65. The van der Waals surface area contributed by atoms with Crippen LogP contribution in [0.3, 0.4) is 0 Å². The van der Waals surface area contributed by atoms with E-state index in [0.717, 1.165) is 24.0 Å². The fraction of sp³-hybridized carbons (Fsp3) is 0.381. The summed E-state index contributed by atoms with van der Waals surface area (Å²) in [5.74, 6) is 0.829. The summed E-state index contributed by atoms with van der Waals surface area (Å²) in [4.78, 5) is 4.69. The summed E-state index contributed by atoms with van der Waals surface area (Å²) in [7, 11) is -2.11. The normalized spacial score (nSPS) is 15.3. The molecule has 0 spiro atoms. The van der Waals surface area contributed by atoms with E-state index in [9.17, 15) is 8.42 Å². The van der Waals surface area contributed by atoms with Gasteiger partial charge in [-0.25, -0.2) is 13.4 Å². The van der Waals surface area contributed by atoms with E-state index in [1.807, 2.05) is 22.9 Å². The lowest BCUT2D eigenvalue weighted by Gasteiger charge is -2.26. The van der Waals surface area contributed by atoms with Crippen molar-refractivity contribution in [1.29, 1.82) is 0 Å². The van der Waals surface area contributed by atoms with Gasteiger partial charge in [0, 0.05) is 49.0 Å². The number of rotatable bonds is 7. The zero-order valence-electron chi connectivity index (χ0n) is 17.7. The minimum Gasteiger partial charge on any atom is -0.495 e. The highest BCUT2D eigenvalue weighted by Gasteiger charge is 2.27. The Morgan fingerprint density at radius 3 is 2.71 bits per heavy atom. The number of nitrogens with zero attached hydrogens (tertiary/aromatic N) is 3. The molecule has 9 nitrogen and oxygen atoms in total.